The van der Waals surface area contributed by atoms with E-state index in [0.29, 0.717) is 24.5 Å². The zero-order valence-electron chi connectivity index (χ0n) is 21.3. The molecule has 1 saturated carbocycles. The van der Waals surface area contributed by atoms with E-state index < -0.39 is 0 Å². The number of likely N-dealkylation sites (N-methyl/N-ethyl adjacent to an activating group) is 1. The van der Waals surface area contributed by atoms with Crippen LogP contribution in [-0.4, -0.2) is 76.8 Å². The fourth-order valence-electron chi connectivity index (χ4n) is 5.30. The monoisotopic (exact) mass is 484 g/mol. The van der Waals surface area contributed by atoms with E-state index in [-0.39, 0.29) is 42.7 Å². The number of hydrogen-bond donors (Lipinski definition) is 2. The third-order valence-electron chi connectivity index (χ3n) is 7.67. The lowest BCUT2D eigenvalue weighted by Gasteiger charge is -2.38. The number of aromatic nitrogens is 1. The second-order valence-electron chi connectivity index (χ2n) is 10.5. The molecule has 1 fully saturated rings. The summed E-state index contributed by atoms with van der Waals surface area (Å²) in [5.41, 5.74) is 2.59. The van der Waals surface area contributed by atoms with Gasteiger partial charge in [-0.15, -0.1) is 0 Å². The number of amides is 3. The molecule has 3 atom stereocenters. The summed E-state index contributed by atoms with van der Waals surface area (Å²) in [6.07, 6.45) is 12.4. The number of aliphatic hydroxyl groups excluding tert-OH is 1. The van der Waals surface area contributed by atoms with Gasteiger partial charge in [-0.25, -0.2) is 9.78 Å². The van der Waals surface area contributed by atoms with E-state index in [2.05, 4.69) is 16.4 Å². The summed E-state index contributed by atoms with van der Waals surface area (Å²) in [6.45, 7) is 4.55. The number of aliphatic hydroxyl groups is 1. The predicted molar refractivity (Wildman–Crippen MR) is 135 cm³/mol. The molecule has 192 valence electrons. The second kappa shape index (κ2) is 11.4. The number of pyridine rings is 1. The molecule has 1 aromatic heterocycles. The molecule has 3 amide bonds. The number of ether oxygens (including phenoxy) is 1. The molecule has 2 N–H and O–H groups in total. The van der Waals surface area contributed by atoms with Gasteiger partial charge in [0.1, 0.15) is 11.7 Å². The minimum atomic E-state index is -0.346. The van der Waals surface area contributed by atoms with E-state index in [0.717, 1.165) is 50.5 Å². The first-order chi connectivity index (χ1) is 16.9. The highest BCUT2D eigenvalue weighted by molar-refractivity contribution is 5.97. The van der Waals surface area contributed by atoms with Crippen molar-refractivity contribution in [3.05, 3.63) is 29.5 Å². The van der Waals surface area contributed by atoms with Gasteiger partial charge in [0.15, 0.2) is 0 Å². The zero-order valence-corrected chi connectivity index (χ0v) is 21.3. The molecule has 0 unspecified atom stereocenters. The molecule has 35 heavy (non-hydrogen) atoms. The van der Waals surface area contributed by atoms with E-state index in [4.69, 9.17) is 4.74 Å². The molecule has 1 aromatic rings. The highest BCUT2D eigenvalue weighted by atomic mass is 16.5. The van der Waals surface area contributed by atoms with Gasteiger partial charge in [0.25, 0.3) is 5.91 Å². The summed E-state index contributed by atoms with van der Waals surface area (Å²) in [7, 11) is 1.78. The predicted octanol–water partition coefficient (Wildman–Crippen LogP) is 3.84. The summed E-state index contributed by atoms with van der Waals surface area (Å²) in [5.74, 6) is 0.0572. The summed E-state index contributed by atoms with van der Waals surface area (Å²) in [5, 5.41) is 13.0. The maximum Gasteiger partial charge on any atom is 0.317 e. The molecule has 8 nitrogen and oxygen atoms in total. The molecule has 2 heterocycles. The first-order valence-electron chi connectivity index (χ1n) is 13.2. The highest BCUT2D eigenvalue weighted by Crippen LogP contribution is 2.32. The van der Waals surface area contributed by atoms with E-state index in [9.17, 15) is 14.7 Å². The molecular formula is C27H40N4O4. The summed E-state index contributed by atoms with van der Waals surface area (Å²) >= 11 is 0. The zero-order chi connectivity index (χ0) is 24.9. The van der Waals surface area contributed by atoms with Gasteiger partial charge in [-0.3, -0.25) is 4.79 Å². The Morgan fingerprint density at radius 1 is 1.31 bits per heavy atom. The average molecular weight is 485 g/mol. The third-order valence-corrected chi connectivity index (χ3v) is 7.67. The van der Waals surface area contributed by atoms with E-state index in [1.165, 1.54) is 12.0 Å². The van der Waals surface area contributed by atoms with Crippen LogP contribution in [0, 0.1) is 5.92 Å². The fraction of sp³-hybridized carbons (Fsp3) is 0.667. The maximum atomic E-state index is 13.6. The molecule has 8 heteroatoms. The van der Waals surface area contributed by atoms with Crippen LogP contribution in [-0.2, 0) is 0 Å². The van der Waals surface area contributed by atoms with Crippen molar-refractivity contribution in [2.75, 3.05) is 26.7 Å². The number of fused-ring (bicyclic) bond motifs is 1. The van der Waals surface area contributed by atoms with Crippen molar-refractivity contribution in [2.45, 2.75) is 83.4 Å². The van der Waals surface area contributed by atoms with Crippen LogP contribution in [0.3, 0.4) is 0 Å². The van der Waals surface area contributed by atoms with Crippen LogP contribution in [0.2, 0.25) is 0 Å². The Labute approximate surface area is 208 Å². The quantitative estimate of drug-likeness (QED) is 0.640. The molecule has 2 aliphatic carbocycles. The summed E-state index contributed by atoms with van der Waals surface area (Å²) < 4.78 is 6.35. The van der Waals surface area contributed by atoms with Crippen molar-refractivity contribution >= 4 is 17.5 Å². The standard InChI is InChI=1S/C27H40N4O4/c1-18-15-31(19(2)17-32)26(33)23-13-21(20-9-5-4-6-10-20)14-28-25(23)35-24(18)16-30(3)27(34)29-22-11-7-8-12-22/h9,13-14,18-19,22,24,32H,4-8,10-12,15-17H2,1-3H3,(H,29,34)/t18-,19+,24-/m0/s1. The molecule has 0 radical (unpaired) electrons. The molecule has 3 aliphatic rings. The first kappa shape index (κ1) is 25.5. The maximum absolute atomic E-state index is 13.6. The Hall–Kier alpha value is -2.61. The van der Waals surface area contributed by atoms with Crippen LogP contribution in [0.1, 0.15) is 81.1 Å². The number of urea groups is 1. The molecule has 1 aliphatic heterocycles. The summed E-state index contributed by atoms with van der Waals surface area (Å²) in [6, 6.07) is 1.70. The number of carbonyl (C=O) groups is 2. The fourth-order valence-corrected chi connectivity index (χ4v) is 5.30. The van der Waals surface area contributed by atoms with Crippen molar-refractivity contribution in [3.8, 4) is 5.88 Å². The van der Waals surface area contributed by atoms with Crippen LogP contribution in [0.25, 0.3) is 5.57 Å². The van der Waals surface area contributed by atoms with Gasteiger partial charge in [-0.2, -0.15) is 0 Å². The van der Waals surface area contributed by atoms with E-state index >= 15 is 0 Å². The van der Waals surface area contributed by atoms with Gasteiger partial charge in [-0.05, 0) is 62.7 Å². The Bertz CT molecular complexity index is 943. The van der Waals surface area contributed by atoms with Gasteiger partial charge in [-0.1, -0.05) is 25.8 Å². The SMILES string of the molecule is C[C@H](CO)N1C[C@H](C)[C@H](CN(C)C(=O)NC2CCCC2)Oc2ncc(C3=CCCCC3)cc2C1=O. The molecule has 0 aromatic carbocycles. The van der Waals surface area contributed by atoms with Gasteiger partial charge < -0.3 is 25.0 Å². The number of allylic oxidation sites excluding steroid dienone is 2. The number of nitrogens with zero attached hydrogens (tertiary/aromatic N) is 3. The highest BCUT2D eigenvalue weighted by Gasteiger charge is 2.35. The van der Waals surface area contributed by atoms with E-state index in [1.54, 1.807) is 23.0 Å². The van der Waals surface area contributed by atoms with Crippen molar-refractivity contribution in [1.82, 2.24) is 20.1 Å². The van der Waals surface area contributed by atoms with Crippen molar-refractivity contribution < 1.29 is 19.4 Å². The van der Waals surface area contributed by atoms with Gasteiger partial charge in [0.05, 0.1) is 19.2 Å². The Balaban J connectivity index is 1.59. The third kappa shape index (κ3) is 5.97. The number of carbonyl (C=O) groups excluding carboxylic acids is 2. The first-order valence-corrected chi connectivity index (χ1v) is 13.2. The lowest BCUT2D eigenvalue weighted by Crippen LogP contribution is -2.52. The molecule has 4 rings (SSSR count). The normalized spacial score (nSPS) is 24.1. The molecule has 0 spiro atoms. The minimum absolute atomic E-state index is 0.0645. The molecule has 0 saturated heterocycles. The van der Waals surface area contributed by atoms with Gasteiger partial charge in [0, 0.05) is 31.7 Å². The Morgan fingerprint density at radius 3 is 2.77 bits per heavy atom. The Morgan fingerprint density at radius 2 is 2.09 bits per heavy atom. The van der Waals surface area contributed by atoms with Crippen molar-refractivity contribution in [1.29, 1.82) is 0 Å². The van der Waals surface area contributed by atoms with E-state index in [1.807, 2.05) is 19.9 Å². The van der Waals surface area contributed by atoms with Gasteiger partial charge in [0.2, 0.25) is 5.88 Å². The summed E-state index contributed by atoms with van der Waals surface area (Å²) in [4.78, 5) is 34.4. The van der Waals surface area contributed by atoms with Crippen molar-refractivity contribution in [3.63, 3.8) is 0 Å². The number of rotatable bonds is 6. The van der Waals surface area contributed by atoms with Crippen LogP contribution in [0.5, 0.6) is 5.88 Å². The minimum Gasteiger partial charge on any atom is -0.472 e. The average Bonchev–Trinajstić information content (AvgIpc) is 3.39. The number of hydrogen-bond acceptors (Lipinski definition) is 5. The molecular weight excluding hydrogens is 444 g/mol. The Kier molecular flexibility index (Phi) is 8.31. The topological polar surface area (TPSA) is 95.0 Å². The smallest absolute Gasteiger partial charge is 0.317 e. The van der Waals surface area contributed by atoms with Crippen LogP contribution in [0.4, 0.5) is 4.79 Å². The lowest BCUT2D eigenvalue weighted by atomic mass is 9.93. The van der Waals surface area contributed by atoms with Crippen molar-refractivity contribution in [2.24, 2.45) is 5.92 Å². The largest absolute Gasteiger partial charge is 0.472 e. The van der Waals surface area contributed by atoms with Crippen LogP contribution in [0.15, 0.2) is 18.3 Å². The van der Waals surface area contributed by atoms with Crippen LogP contribution < -0.4 is 10.1 Å². The molecule has 0 bridgehead atoms. The second-order valence-corrected chi connectivity index (χ2v) is 10.5. The van der Waals surface area contributed by atoms with Crippen LogP contribution >= 0.6 is 0 Å². The van der Waals surface area contributed by atoms with Gasteiger partial charge >= 0.3 is 6.03 Å². The number of nitrogens with one attached hydrogen (secondary N) is 1. The lowest BCUT2D eigenvalue weighted by molar-refractivity contribution is 0.0351.